The number of thiophene rings is 1. The van der Waals surface area contributed by atoms with E-state index in [1.807, 2.05) is 55.5 Å². The molecule has 0 spiro atoms. The third kappa shape index (κ3) is 5.60. The van der Waals surface area contributed by atoms with Crippen LogP contribution in [-0.4, -0.2) is 46.9 Å². The molecular weight excluding hydrogens is 588 g/mol. The minimum atomic E-state index is -0.386. The second-order valence-corrected chi connectivity index (χ2v) is 12.5. The largest absolute Gasteiger partial charge is 0.457 e. The van der Waals surface area contributed by atoms with Gasteiger partial charge in [0.15, 0.2) is 0 Å². The topological polar surface area (TPSA) is 128 Å². The number of piperidine rings is 1. The van der Waals surface area contributed by atoms with Gasteiger partial charge in [0.1, 0.15) is 32.8 Å². The lowest BCUT2D eigenvalue weighted by Crippen LogP contribution is -2.50. The van der Waals surface area contributed by atoms with Crippen molar-refractivity contribution in [3.05, 3.63) is 82.9 Å². The second-order valence-electron chi connectivity index (χ2n) is 11.5. The van der Waals surface area contributed by atoms with E-state index in [2.05, 4.69) is 21.7 Å². The number of para-hydroxylation sites is 1. The minimum Gasteiger partial charge on any atom is -0.457 e. The number of aromatic nitrogens is 1. The summed E-state index contributed by atoms with van der Waals surface area (Å²) in [4.78, 5) is 49.1. The lowest BCUT2D eigenvalue weighted by Gasteiger charge is -2.33. The highest BCUT2D eigenvalue weighted by Gasteiger charge is 2.35. The van der Waals surface area contributed by atoms with E-state index in [-0.39, 0.29) is 29.5 Å². The number of ether oxygens (including phenoxy) is 1. The normalized spacial score (nSPS) is 17.9. The van der Waals surface area contributed by atoms with Gasteiger partial charge in [-0.25, -0.2) is 9.78 Å². The molecule has 2 N–H and O–H groups in total. The molecule has 45 heavy (non-hydrogen) atoms. The van der Waals surface area contributed by atoms with Crippen LogP contribution in [0.5, 0.6) is 11.5 Å². The Morgan fingerprint density at radius 3 is 2.69 bits per heavy atom. The van der Waals surface area contributed by atoms with Crippen LogP contribution in [0.2, 0.25) is 0 Å². The molecule has 4 amide bonds. The van der Waals surface area contributed by atoms with Gasteiger partial charge < -0.3 is 20.3 Å². The molecule has 1 saturated heterocycles. The van der Waals surface area contributed by atoms with E-state index in [1.54, 1.807) is 28.1 Å². The van der Waals surface area contributed by atoms with Gasteiger partial charge in [0.2, 0.25) is 0 Å². The van der Waals surface area contributed by atoms with E-state index < -0.39 is 0 Å². The average Bonchev–Trinajstić information content (AvgIpc) is 3.80. The van der Waals surface area contributed by atoms with Crippen LogP contribution in [0.4, 0.5) is 21.9 Å². The maximum absolute atomic E-state index is 13.6. The number of rotatable bonds is 7. The molecule has 4 heterocycles. The van der Waals surface area contributed by atoms with Gasteiger partial charge in [0.25, 0.3) is 11.8 Å². The highest BCUT2D eigenvalue weighted by molar-refractivity contribution is 7.21. The first-order valence-electron chi connectivity index (χ1n) is 15.0. The number of carbonyl (C=O) groups excluding carboxylic acids is 3. The van der Waals surface area contributed by atoms with Crippen LogP contribution in [0.25, 0.3) is 10.2 Å². The lowest BCUT2D eigenvalue weighted by molar-refractivity contribution is -0.128. The smallest absolute Gasteiger partial charge is 0.331 e. The standard InChI is InChI=1S/C34H30N6O4S/c1-20-16-25(44-24-7-3-2-4-8-24)11-12-26(20)40-27-13-14-36-32-28(27)29(38-34(40)43)30(45-32)31(41)37-23-6-5-15-39(19-23)33(42)22(18-35)17-21-9-10-21/h2-4,7-8,11-14,16-17,21,23H,5-6,9-10,15,19H2,1H3,(H,37,41)(H,38,43)/b22-17+/t23-/m1/s1. The average molecular weight is 619 g/mol. The van der Waals surface area contributed by atoms with Crippen molar-refractivity contribution in [2.24, 2.45) is 5.92 Å². The molecule has 10 nitrogen and oxygen atoms in total. The highest BCUT2D eigenvalue weighted by atomic mass is 32.1. The molecule has 0 bridgehead atoms. The highest BCUT2D eigenvalue weighted by Crippen LogP contribution is 2.46. The molecule has 1 atom stereocenters. The number of amides is 4. The third-order valence-electron chi connectivity index (χ3n) is 8.26. The van der Waals surface area contributed by atoms with Gasteiger partial charge in [-0.05, 0) is 80.5 Å². The van der Waals surface area contributed by atoms with Crippen LogP contribution < -0.4 is 20.3 Å². The molecule has 0 radical (unpaired) electrons. The van der Waals surface area contributed by atoms with E-state index >= 15 is 0 Å². The molecule has 2 aromatic carbocycles. The minimum absolute atomic E-state index is 0.179. The zero-order chi connectivity index (χ0) is 31.1. The fourth-order valence-corrected chi connectivity index (χ4v) is 6.93. The summed E-state index contributed by atoms with van der Waals surface area (Å²) in [7, 11) is 0. The lowest BCUT2D eigenvalue weighted by atomic mass is 10.0. The Labute approximate surface area is 263 Å². The number of aryl methyl sites for hydroxylation is 1. The van der Waals surface area contributed by atoms with Gasteiger partial charge in [-0.3, -0.25) is 14.5 Å². The van der Waals surface area contributed by atoms with Crippen molar-refractivity contribution in [1.82, 2.24) is 15.2 Å². The van der Waals surface area contributed by atoms with Crippen molar-refractivity contribution >= 4 is 56.5 Å². The molecule has 7 rings (SSSR count). The Kier molecular flexibility index (Phi) is 7.43. The van der Waals surface area contributed by atoms with Gasteiger partial charge in [0.05, 0.1) is 22.4 Å². The van der Waals surface area contributed by atoms with E-state index in [0.29, 0.717) is 69.8 Å². The maximum Gasteiger partial charge on any atom is 0.331 e. The number of benzene rings is 2. The Hall–Kier alpha value is -5.21. The summed E-state index contributed by atoms with van der Waals surface area (Å²) in [6, 6.07) is 18.2. The first-order chi connectivity index (χ1) is 21.9. The van der Waals surface area contributed by atoms with E-state index in [4.69, 9.17) is 4.74 Å². The molecule has 2 fully saturated rings. The molecule has 1 aliphatic carbocycles. The van der Waals surface area contributed by atoms with Gasteiger partial charge in [-0.2, -0.15) is 5.26 Å². The Balaban J connectivity index is 1.12. The van der Waals surface area contributed by atoms with Crippen molar-refractivity contribution in [2.45, 2.75) is 38.6 Å². The van der Waals surface area contributed by atoms with E-state index in [0.717, 1.165) is 24.2 Å². The molecule has 11 heteroatoms. The number of allylic oxidation sites excluding steroid dienone is 1. The number of pyridine rings is 1. The zero-order valence-corrected chi connectivity index (χ0v) is 25.4. The van der Waals surface area contributed by atoms with Crippen molar-refractivity contribution in [2.75, 3.05) is 23.3 Å². The molecule has 226 valence electrons. The Morgan fingerprint density at radius 1 is 1.11 bits per heavy atom. The predicted octanol–water partition coefficient (Wildman–Crippen LogP) is 6.66. The predicted molar refractivity (Wildman–Crippen MR) is 172 cm³/mol. The summed E-state index contributed by atoms with van der Waals surface area (Å²) in [5.41, 5.74) is 2.76. The second kappa shape index (κ2) is 11.7. The van der Waals surface area contributed by atoms with Crippen LogP contribution in [0.1, 0.15) is 40.9 Å². The van der Waals surface area contributed by atoms with Gasteiger partial charge in [0, 0.05) is 25.3 Å². The number of carbonyl (C=O) groups is 3. The molecule has 2 aliphatic heterocycles. The molecule has 0 unspecified atom stereocenters. The van der Waals surface area contributed by atoms with E-state index in [1.165, 1.54) is 11.3 Å². The van der Waals surface area contributed by atoms with Crippen molar-refractivity contribution in [1.29, 1.82) is 5.26 Å². The quantitative estimate of drug-likeness (QED) is 0.176. The maximum atomic E-state index is 13.6. The first-order valence-corrected chi connectivity index (χ1v) is 15.8. The number of hydrogen-bond donors (Lipinski definition) is 2. The Morgan fingerprint density at radius 2 is 1.93 bits per heavy atom. The van der Waals surface area contributed by atoms with Crippen LogP contribution in [0.3, 0.4) is 0 Å². The zero-order valence-electron chi connectivity index (χ0n) is 24.6. The first kappa shape index (κ1) is 28.6. The number of anilines is 3. The van der Waals surface area contributed by atoms with Gasteiger partial charge in [-0.1, -0.05) is 24.3 Å². The van der Waals surface area contributed by atoms with Crippen LogP contribution in [0.15, 0.2) is 72.4 Å². The summed E-state index contributed by atoms with van der Waals surface area (Å²) in [5, 5.41) is 16.2. The summed E-state index contributed by atoms with van der Waals surface area (Å²) >= 11 is 1.22. The fourth-order valence-electron chi connectivity index (χ4n) is 5.91. The summed E-state index contributed by atoms with van der Waals surface area (Å²) < 4.78 is 5.98. The number of hydrogen-bond acceptors (Lipinski definition) is 7. The molecule has 2 aromatic heterocycles. The Bertz CT molecular complexity index is 1910. The van der Waals surface area contributed by atoms with Crippen LogP contribution in [-0.2, 0) is 4.79 Å². The monoisotopic (exact) mass is 618 g/mol. The molecule has 4 aromatic rings. The number of nitrogens with one attached hydrogen (secondary N) is 2. The summed E-state index contributed by atoms with van der Waals surface area (Å²) in [5.74, 6) is 1.07. The van der Waals surface area contributed by atoms with Crippen LogP contribution >= 0.6 is 11.3 Å². The van der Waals surface area contributed by atoms with Crippen LogP contribution in [0, 0.1) is 24.2 Å². The van der Waals surface area contributed by atoms with Crippen molar-refractivity contribution in [3.63, 3.8) is 0 Å². The number of urea groups is 1. The number of likely N-dealkylation sites (tertiary alicyclic amines) is 1. The SMILES string of the molecule is Cc1cc(Oc2ccccc2)ccc1N1C(=O)Nc2c(C(=O)N[C@@H]3CCCN(C(=O)/C(C#N)=C/C4CC4)C3)sc3nccc1c23. The van der Waals surface area contributed by atoms with Gasteiger partial charge in [-0.15, -0.1) is 11.3 Å². The molecule has 1 saturated carbocycles. The summed E-state index contributed by atoms with van der Waals surface area (Å²) in [6.45, 7) is 2.78. The van der Waals surface area contributed by atoms with E-state index in [9.17, 15) is 19.6 Å². The van der Waals surface area contributed by atoms with Crippen molar-refractivity contribution < 1.29 is 19.1 Å². The number of nitriles is 1. The molecular formula is C34H30N6O4S. The van der Waals surface area contributed by atoms with Gasteiger partial charge >= 0.3 is 6.03 Å². The number of nitrogens with zero attached hydrogens (tertiary/aromatic N) is 4. The third-order valence-corrected chi connectivity index (χ3v) is 9.36. The summed E-state index contributed by atoms with van der Waals surface area (Å²) in [6.07, 6.45) is 6.85. The van der Waals surface area contributed by atoms with Crippen molar-refractivity contribution in [3.8, 4) is 17.6 Å². The molecule has 3 aliphatic rings. The fraction of sp³-hybridized carbons (Fsp3) is 0.265.